The third kappa shape index (κ3) is 7.67. The van der Waals surface area contributed by atoms with Gasteiger partial charge in [-0.1, -0.05) is 24.3 Å². The predicted molar refractivity (Wildman–Crippen MR) is 157 cm³/mol. The lowest BCUT2D eigenvalue weighted by molar-refractivity contribution is -0.385. The molecule has 2 N–H and O–H groups in total. The van der Waals surface area contributed by atoms with E-state index in [0.29, 0.717) is 27.9 Å². The number of hydrogen-bond donors (Lipinski definition) is 2. The molecular weight excluding hydrogens is 540 g/mol. The Bertz CT molecular complexity index is 1700. The smallest absolute Gasteiger partial charge is 0.272 e. The first-order valence-electron chi connectivity index (χ1n) is 12.4. The van der Waals surface area contributed by atoms with Crippen LogP contribution >= 0.6 is 0 Å². The molecule has 11 nitrogen and oxygen atoms in total. The maximum absolute atomic E-state index is 13.2. The second kappa shape index (κ2) is 13.2. The monoisotopic (exact) mass is 562 g/mol. The molecule has 208 valence electrons. The summed E-state index contributed by atoms with van der Waals surface area (Å²) >= 11 is 0. The van der Waals surface area contributed by atoms with Crippen LogP contribution in [0.4, 0.5) is 17.1 Å². The molecule has 0 spiro atoms. The van der Waals surface area contributed by atoms with E-state index in [9.17, 15) is 34.6 Å². The molecule has 0 aliphatic carbocycles. The Morgan fingerprint density at radius 3 is 1.74 bits per heavy atom. The number of carbonyl (C=O) groups excluding carboxylic acids is 3. The average molecular weight is 563 g/mol. The molecule has 11 heteroatoms. The summed E-state index contributed by atoms with van der Waals surface area (Å²) in [6.07, 6.45) is 4.26. The number of nitro benzene ring substituents is 2. The lowest BCUT2D eigenvalue weighted by Crippen LogP contribution is -2.30. The highest BCUT2D eigenvalue weighted by Gasteiger charge is 2.16. The van der Waals surface area contributed by atoms with Crippen molar-refractivity contribution in [1.29, 1.82) is 0 Å². The van der Waals surface area contributed by atoms with Crippen molar-refractivity contribution in [3.63, 3.8) is 0 Å². The van der Waals surface area contributed by atoms with Gasteiger partial charge in [0.05, 0.1) is 9.85 Å². The summed E-state index contributed by atoms with van der Waals surface area (Å²) in [7, 11) is 0. The number of benzene rings is 4. The second-order valence-corrected chi connectivity index (χ2v) is 8.80. The molecule has 0 aliphatic rings. The van der Waals surface area contributed by atoms with E-state index in [0.717, 1.165) is 0 Å². The number of non-ortho nitro benzene ring substituents is 2. The first-order chi connectivity index (χ1) is 20.2. The molecule has 0 saturated heterocycles. The highest BCUT2D eigenvalue weighted by molar-refractivity contribution is 6.11. The zero-order valence-electron chi connectivity index (χ0n) is 21.8. The SMILES string of the molecule is O=C(Nc1ccc(C(=O)/C=C/c2ccc([N+](=O)[O-])cc2)cc1)/C(=C/c1ccc([N+](=O)[O-])cc1)NC(=O)c1ccccc1. The number of nitrogens with one attached hydrogen (secondary N) is 2. The minimum atomic E-state index is -0.658. The van der Waals surface area contributed by atoms with Crippen molar-refractivity contribution in [2.45, 2.75) is 0 Å². The molecule has 42 heavy (non-hydrogen) atoms. The molecule has 0 aromatic heterocycles. The van der Waals surface area contributed by atoms with E-state index in [1.165, 1.54) is 91.0 Å². The lowest BCUT2D eigenvalue weighted by atomic mass is 10.1. The molecule has 0 radical (unpaired) electrons. The fraction of sp³-hybridized carbons (Fsp3) is 0. The van der Waals surface area contributed by atoms with E-state index in [1.807, 2.05) is 0 Å². The Labute approximate surface area is 239 Å². The van der Waals surface area contributed by atoms with E-state index in [2.05, 4.69) is 10.6 Å². The van der Waals surface area contributed by atoms with Gasteiger partial charge in [-0.3, -0.25) is 34.6 Å². The largest absolute Gasteiger partial charge is 0.321 e. The van der Waals surface area contributed by atoms with Crippen molar-refractivity contribution in [2.24, 2.45) is 0 Å². The highest BCUT2D eigenvalue weighted by atomic mass is 16.6. The van der Waals surface area contributed by atoms with E-state index in [4.69, 9.17) is 0 Å². The Morgan fingerprint density at radius 2 is 1.19 bits per heavy atom. The van der Waals surface area contributed by atoms with Gasteiger partial charge in [-0.15, -0.1) is 0 Å². The predicted octanol–water partition coefficient (Wildman–Crippen LogP) is 5.81. The van der Waals surface area contributed by atoms with Crippen LogP contribution in [0.15, 0.2) is 115 Å². The Kier molecular flexibility index (Phi) is 9.05. The molecule has 0 fully saturated rings. The maximum Gasteiger partial charge on any atom is 0.272 e. The molecule has 2 amide bonds. The normalized spacial score (nSPS) is 11.1. The minimum Gasteiger partial charge on any atom is -0.321 e. The molecule has 0 saturated carbocycles. The van der Waals surface area contributed by atoms with E-state index >= 15 is 0 Å². The molecular formula is C31H22N4O7. The summed E-state index contributed by atoms with van der Waals surface area (Å²) in [5, 5.41) is 27.0. The first kappa shape index (κ1) is 28.8. The van der Waals surface area contributed by atoms with E-state index < -0.39 is 21.7 Å². The van der Waals surface area contributed by atoms with Crippen LogP contribution in [0.25, 0.3) is 12.2 Å². The number of amides is 2. The topological polar surface area (TPSA) is 162 Å². The first-order valence-corrected chi connectivity index (χ1v) is 12.4. The van der Waals surface area contributed by atoms with Crippen LogP contribution in [-0.4, -0.2) is 27.4 Å². The molecule has 0 heterocycles. The molecule has 0 atom stereocenters. The molecule has 0 unspecified atom stereocenters. The van der Waals surface area contributed by atoms with Gasteiger partial charge in [0.1, 0.15) is 5.70 Å². The molecule has 0 bridgehead atoms. The summed E-state index contributed by atoms with van der Waals surface area (Å²) in [6, 6.07) is 25.6. The van der Waals surface area contributed by atoms with Gasteiger partial charge in [-0.25, -0.2) is 0 Å². The van der Waals surface area contributed by atoms with Crippen LogP contribution in [0.5, 0.6) is 0 Å². The van der Waals surface area contributed by atoms with Gasteiger partial charge in [0.25, 0.3) is 23.2 Å². The average Bonchev–Trinajstić information content (AvgIpc) is 3.00. The van der Waals surface area contributed by atoms with Crippen molar-refractivity contribution in [1.82, 2.24) is 5.32 Å². The molecule has 4 aromatic carbocycles. The highest BCUT2D eigenvalue weighted by Crippen LogP contribution is 2.17. The van der Waals surface area contributed by atoms with Gasteiger partial charge in [0.2, 0.25) is 0 Å². The van der Waals surface area contributed by atoms with Crippen molar-refractivity contribution in [3.05, 3.63) is 157 Å². The summed E-state index contributed by atoms with van der Waals surface area (Å²) in [5.74, 6) is -1.51. The van der Waals surface area contributed by atoms with Crippen LogP contribution in [0, 0.1) is 20.2 Å². The van der Waals surface area contributed by atoms with Gasteiger partial charge < -0.3 is 10.6 Å². The van der Waals surface area contributed by atoms with Gasteiger partial charge in [-0.05, 0) is 83.9 Å². The zero-order chi connectivity index (χ0) is 30.1. The second-order valence-electron chi connectivity index (χ2n) is 8.80. The summed E-state index contributed by atoms with van der Waals surface area (Å²) < 4.78 is 0. The van der Waals surface area contributed by atoms with Crippen LogP contribution in [0.1, 0.15) is 31.8 Å². The van der Waals surface area contributed by atoms with Crippen molar-refractivity contribution >= 4 is 46.8 Å². The number of allylic oxidation sites excluding steroid dienone is 1. The zero-order valence-corrected chi connectivity index (χ0v) is 21.8. The maximum atomic E-state index is 13.2. The quantitative estimate of drug-likeness (QED) is 0.107. The Morgan fingerprint density at radius 1 is 0.643 bits per heavy atom. The third-order valence-electron chi connectivity index (χ3n) is 5.90. The van der Waals surface area contributed by atoms with E-state index in [1.54, 1.807) is 30.3 Å². The Balaban J connectivity index is 1.48. The van der Waals surface area contributed by atoms with Crippen LogP contribution < -0.4 is 10.6 Å². The van der Waals surface area contributed by atoms with Crippen LogP contribution in [0.3, 0.4) is 0 Å². The number of rotatable bonds is 10. The van der Waals surface area contributed by atoms with Crippen molar-refractivity contribution < 1.29 is 24.2 Å². The summed E-state index contributed by atoms with van der Waals surface area (Å²) in [5.41, 5.74) is 1.78. The van der Waals surface area contributed by atoms with Gasteiger partial charge in [0, 0.05) is 41.1 Å². The number of carbonyl (C=O) groups is 3. The van der Waals surface area contributed by atoms with Crippen LogP contribution in [0.2, 0.25) is 0 Å². The van der Waals surface area contributed by atoms with Gasteiger partial charge >= 0.3 is 0 Å². The van der Waals surface area contributed by atoms with Gasteiger partial charge in [0.15, 0.2) is 5.78 Å². The minimum absolute atomic E-state index is 0.0542. The molecule has 4 rings (SSSR count). The lowest BCUT2D eigenvalue weighted by Gasteiger charge is -2.12. The Hall–Kier alpha value is -6.23. The number of anilines is 1. The third-order valence-corrected chi connectivity index (χ3v) is 5.90. The number of nitrogens with zero attached hydrogens (tertiary/aromatic N) is 2. The van der Waals surface area contributed by atoms with Crippen molar-refractivity contribution in [3.8, 4) is 0 Å². The van der Waals surface area contributed by atoms with Crippen LogP contribution in [-0.2, 0) is 4.79 Å². The molecule has 0 aliphatic heterocycles. The van der Waals surface area contributed by atoms with E-state index in [-0.39, 0.29) is 22.9 Å². The fourth-order valence-corrected chi connectivity index (χ4v) is 3.69. The summed E-state index contributed by atoms with van der Waals surface area (Å²) in [4.78, 5) is 59.2. The number of hydrogen-bond acceptors (Lipinski definition) is 7. The molecule has 4 aromatic rings. The standard InChI is InChI=1S/C31H22N4O7/c36-29(19-10-21-6-15-26(16-7-21)34(39)40)23-11-13-25(14-12-23)32-31(38)28(33-30(37)24-4-2-1-3-5-24)20-22-8-17-27(18-9-22)35(41)42/h1-20H,(H,32,38)(H,33,37)/b19-10+,28-20-. The number of nitro groups is 2. The summed E-state index contributed by atoms with van der Waals surface area (Å²) in [6.45, 7) is 0. The van der Waals surface area contributed by atoms with Gasteiger partial charge in [-0.2, -0.15) is 0 Å². The fourth-order valence-electron chi connectivity index (χ4n) is 3.69. The van der Waals surface area contributed by atoms with Crippen molar-refractivity contribution in [2.75, 3.05) is 5.32 Å². The number of ketones is 1.